The molecule has 0 amide bonds. The molecule has 2 aromatic carbocycles. The minimum atomic E-state index is -0.0363. The first-order valence-electron chi connectivity index (χ1n) is 8.74. The average Bonchev–Trinajstić information content (AvgIpc) is 3.17. The molecule has 2 heterocycles. The van der Waals surface area contributed by atoms with Gasteiger partial charge in [0, 0.05) is 41.4 Å². The van der Waals surface area contributed by atoms with Crippen LogP contribution in [0.15, 0.2) is 77.6 Å². The van der Waals surface area contributed by atoms with Crippen LogP contribution in [0.4, 0.5) is 0 Å². The standard InChI is InChI=1S/C23H17NO2/c25-17-13-21-23(22(14-17)26-15-16-7-2-1-3-8-16)19-10-5-4-9-18(19)20-11-6-12-24(20)21/h1-10,12-14H,11,15H2. The molecule has 26 heavy (non-hydrogen) atoms. The molecule has 0 saturated heterocycles. The fourth-order valence-electron chi connectivity index (χ4n) is 3.76. The Labute approximate surface area is 151 Å². The van der Waals surface area contributed by atoms with Gasteiger partial charge in [-0.25, -0.2) is 0 Å². The summed E-state index contributed by atoms with van der Waals surface area (Å²) in [6, 6.07) is 21.7. The lowest BCUT2D eigenvalue weighted by Crippen LogP contribution is -2.10. The summed E-state index contributed by atoms with van der Waals surface area (Å²) in [4.78, 5) is 12.3. The van der Waals surface area contributed by atoms with Crippen LogP contribution in [0, 0.1) is 0 Å². The second kappa shape index (κ2) is 5.88. The van der Waals surface area contributed by atoms with Crippen molar-refractivity contribution in [1.82, 2.24) is 4.57 Å². The van der Waals surface area contributed by atoms with E-state index in [1.54, 1.807) is 12.1 Å². The molecule has 0 fully saturated rings. The van der Waals surface area contributed by atoms with E-state index in [0.29, 0.717) is 12.4 Å². The van der Waals surface area contributed by atoms with Crippen molar-refractivity contribution >= 4 is 17.0 Å². The number of hydrogen-bond donors (Lipinski definition) is 0. The normalized spacial score (nSPS) is 12.6. The van der Waals surface area contributed by atoms with Crippen molar-refractivity contribution in [2.75, 3.05) is 0 Å². The highest BCUT2D eigenvalue weighted by atomic mass is 16.5. The monoisotopic (exact) mass is 339 g/mol. The van der Waals surface area contributed by atoms with Crippen molar-refractivity contribution in [2.24, 2.45) is 0 Å². The van der Waals surface area contributed by atoms with Gasteiger partial charge in [-0.2, -0.15) is 0 Å². The summed E-state index contributed by atoms with van der Waals surface area (Å²) in [6.45, 7) is 0.436. The van der Waals surface area contributed by atoms with E-state index < -0.39 is 0 Å². The first-order valence-corrected chi connectivity index (χ1v) is 8.74. The fourth-order valence-corrected chi connectivity index (χ4v) is 3.76. The van der Waals surface area contributed by atoms with Gasteiger partial charge in [0.05, 0.1) is 5.69 Å². The van der Waals surface area contributed by atoms with Crippen LogP contribution in [0.25, 0.3) is 28.2 Å². The number of ether oxygens (including phenoxy) is 1. The molecule has 3 heteroatoms. The van der Waals surface area contributed by atoms with Gasteiger partial charge in [-0.3, -0.25) is 4.79 Å². The number of aromatic nitrogens is 1. The lowest BCUT2D eigenvalue weighted by Gasteiger charge is -2.21. The van der Waals surface area contributed by atoms with E-state index in [0.717, 1.165) is 28.6 Å². The first kappa shape index (κ1) is 15.0. The van der Waals surface area contributed by atoms with Gasteiger partial charge in [-0.05, 0) is 10.9 Å². The smallest absolute Gasteiger partial charge is 0.184 e. The van der Waals surface area contributed by atoms with E-state index in [1.165, 1.54) is 11.1 Å². The van der Waals surface area contributed by atoms with E-state index in [4.69, 9.17) is 4.74 Å². The molecule has 0 atom stereocenters. The largest absolute Gasteiger partial charge is 0.488 e. The quantitative estimate of drug-likeness (QED) is 0.506. The van der Waals surface area contributed by atoms with E-state index in [1.807, 2.05) is 42.6 Å². The lowest BCUT2D eigenvalue weighted by atomic mass is 9.97. The molecule has 3 aliphatic rings. The van der Waals surface area contributed by atoms with Gasteiger partial charge in [0.2, 0.25) is 0 Å². The van der Waals surface area contributed by atoms with Gasteiger partial charge >= 0.3 is 0 Å². The van der Waals surface area contributed by atoms with Crippen LogP contribution in [-0.2, 0) is 13.0 Å². The van der Waals surface area contributed by atoms with Crippen molar-refractivity contribution in [2.45, 2.75) is 13.0 Å². The van der Waals surface area contributed by atoms with Crippen molar-refractivity contribution in [3.05, 3.63) is 94.3 Å². The minimum Gasteiger partial charge on any atom is -0.488 e. The minimum absolute atomic E-state index is 0.0363. The summed E-state index contributed by atoms with van der Waals surface area (Å²) < 4.78 is 8.24. The van der Waals surface area contributed by atoms with Gasteiger partial charge < -0.3 is 9.30 Å². The Kier molecular flexibility index (Phi) is 3.39. The molecule has 126 valence electrons. The summed E-state index contributed by atoms with van der Waals surface area (Å²) in [6.07, 6.45) is 5.05. The summed E-state index contributed by atoms with van der Waals surface area (Å²) in [5.74, 6) is 0.642. The van der Waals surface area contributed by atoms with Crippen molar-refractivity contribution in [1.29, 1.82) is 0 Å². The maximum atomic E-state index is 12.3. The Balaban J connectivity index is 1.74. The van der Waals surface area contributed by atoms with E-state index >= 15 is 0 Å². The van der Waals surface area contributed by atoms with Crippen LogP contribution < -0.4 is 10.2 Å². The van der Waals surface area contributed by atoms with Crippen LogP contribution in [0.1, 0.15) is 11.3 Å². The summed E-state index contributed by atoms with van der Waals surface area (Å²) in [7, 11) is 0. The lowest BCUT2D eigenvalue weighted by molar-refractivity contribution is 0.307. The Morgan fingerprint density at radius 2 is 1.69 bits per heavy atom. The van der Waals surface area contributed by atoms with Crippen LogP contribution in [0.2, 0.25) is 0 Å². The van der Waals surface area contributed by atoms with Gasteiger partial charge in [-0.15, -0.1) is 0 Å². The molecule has 0 bridgehead atoms. The zero-order valence-corrected chi connectivity index (χ0v) is 14.2. The van der Waals surface area contributed by atoms with E-state index in [9.17, 15) is 4.79 Å². The van der Waals surface area contributed by atoms with Crippen LogP contribution >= 0.6 is 0 Å². The second-order valence-electron chi connectivity index (χ2n) is 6.54. The Bertz CT molecular complexity index is 1170. The Morgan fingerprint density at radius 1 is 0.923 bits per heavy atom. The van der Waals surface area contributed by atoms with Gasteiger partial charge in [-0.1, -0.05) is 60.7 Å². The fraction of sp³-hybridized carbons (Fsp3) is 0.0870. The molecule has 2 aliphatic heterocycles. The number of pyridine rings is 1. The van der Waals surface area contributed by atoms with E-state index in [-0.39, 0.29) is 5.43 Å². The SMILES string of the molecule is O=c1cc(OCc2ccccc2)c2c3ccccc3c3n(c-2c1)C=CC3. The molecule has 0 radical (unpaired) electrons. The first-order chi connectivity index (χ1) is 12.8. The molecule has 1 aliphatic carbocycles. The van der Waals surface area contributed by atoms with Crippen molar-refractivity contribution in [3.63, 3.8) is 0 Å². The van der Waals surface area contributed by atoms with Crippen LogP contribution in [0.5, 0.6) is 5.75 Å². The second-order valence-corrected chi connectivity index (χ2v) is 6.54. The molecule has 5 rings (SSSR count). The van der Waals surface area contributed by atoms with Gasteiger partial charge in [0.1, 0.15) is 12.4 Å². The number of benzene rings is 3. The maximum Gasteiger partial charge on any atom is 0.184 e. The predicted octanol–water partition coefficient (Wildman–Crippen LogP) is 4.71. The molecular weight excluding hydrogens is 322 g/mol. The van der Waals surface area contributed by atoms with Crippen LogP contribution in [-0.4, -0.2) is 4.57 Å². The molecule has 3 nitrogen and oxygen atoms in total. The van der Waals surface area contributed by atoms with Crippen molar-refractivity contribution < 1.29 is 4.74 Å². The molecule has 0 spiro atoms. The van der Waals surface area contributed by atoms with Gasteiger partial charge in [0.15, 0.2) is 5.43 Å². The number of nitrogens with zero attached hydrogens (tertiary/aromatic N) is 1. The topological polar surface area (TPSA) is 31.2 Å². The zero-order chi connectivity index (χ0) is 17.5. The van der Waals surface area contributed by atoms with Gasteiger partial charge in [0.25, 0.3) is 0 Å². The molecular formula is C23H17NO2. The Morgan fingerprint density at radius 3 is 2.54 bits per heavy atom. The highest BCUT2D eigenvalue weighted by Gasteiger charge is 2.22. The predicted molar refractivity (Wildman–Crippen MR) is 105 cm³/mol. The number of rotatable bonds is 3. The number of hydrogen-bond acceptors (Lipinski definition) is 2. The third-order valence-corrected chi connectivity index (χ3v) is 4.92. The molecule has 0 aromatic heterocycles. The molecule has 2 aromatic rings. The zero-order valence-electron chi connectivity index (χ0n) is 14.2. The van der Waals surface area contributed by atoms with Crippen LogP contribution in [0.3, 0.4) is 0 Å². The Hall–Kier alpha value is -3.33. The summed E-state index contributed by atoms with van der Waals surface area (Å²) in [5.41, 5.74) is 4.16. The highest BCUT2D eigenvalue weighted by Crippen LogP contribution is 2.41. The molecule has 0 unspecified atom stereocenters. The highest BCUT2D eigenvalue weighted by molar-refractivity contribution is 6.02. The van der Waals surface area contributed by atoms with Crippen molar-refractivity contribution in [3.8, 4) is 17.0 Å². The maximum absolute atomic E-state index is 12.3. The third-order valence-electron chi connectivity index (χ3n) is 4.92. The summed E-state index contributed by atoms with van der Waals surface area (Å²) in [5, 5.41) is 2.33. The molecule has 0 saturated carbocycles. The summed E-state index contributed by atoms with van der Waals surface area (Å²) >= 11 is 0. The average molecular weight is 339 g/mol. The number of allylic oxidation sites excluding steroid dienone is 1. The third kappa shape index (κ3) is 2.32. The molecule has 0 N–H and O–H groups in total. The number of fused-ring (bicyclic) bond motifs is 6. The van der Waals surface area contributed by atoms with E-state index in [2.05, 4.69) is 28.8 Å².